The Balaban J connectivity index is 1.75. The lowest BCUT2D eigenvalue weighted by Gasteiger charge is -2.19. The van der Waals surface area contributed by atoms with Gasteiger partial charge in [-0.1, -0.05) is 36.4 Å². The van der Waals surface area contributed by atoms with Gasteiger partial charge in [0.1, 0.15) is 18.5 Å². The molecule has 0 heterocycles. The Labute approximate surface area is 128 Å². The first-order chi connectivity index (χ1) is 10.6. The van der Waals surface area contributed by atoms with Crippen LogP contribution in [0.4, 0.5) is 10.5 Å². The lowest BCUT2D eigenvalue weighted by Crippen LogP contribution is -2.39. The Hall–Kier alpha value is -2.57. The monoisotopic (exact) mass is 302 g/mol. The Morgan fingerprint density at radius 1 is 1.09 bits per heavy atom. The van der Waals surface area contributed by atoms with E-state index in [9.17, 15) is 15.1 Å². The Kier molecular flexibility index (Phi) is 5.76. The molecule has 1 atom stereocenters. The third-order valence-electron chi connectivity index (χ3n) is 2.83. The number of urea groups is 1. The summed E-state index contributed by atoms with van der Waals surface area (Å²) in [5, 5.41) is 22.4. The number of hydroxylamine groups is 2. The van der Waals surface area contributed by atoms with Gasteiger partial charge in [-0.05, 0) is 24.3 Å². The normalized spacial score (nSPS) is 11.5. The van der Waals surface area contributed by atoms with Crippen molar-refractivity contribution < 1.29 is 19.8 Å². The number of anilines is 1. The molecule has 0 aliphatic carbocycles. The van der Waals surface area contributed by atoms with Crippen LogP contribution < -0.4 is 10.1 Å². The van der Waals surface area contributed by atoms with E-state index in [1.807, 2.05) is 24.3 Å². The number of ether oxygens (including phenoxy) is 1. The van der Waals surface area contributed by atoms with Gasteiger partial charge < -0.3 is 15.2 Å². The molecular formula is C16H18N2O4. The zero-order valence-corrected chi connectivity index (χ0v) is 11.9. The molecule has 6 nitrogen and oxygen atoms in total. The van der Waals surface area contributed by atoms with Crippen LogP contribution in [0.3, 0.4) is 0 Å². The summed E-state index contributed by atoms with van der Waals surface area (Å²) in [6, 6.07) is 17.0. The van der Waals surface area contributed by atoms with Crippen molar-refractivity contribution in [3.8, 4) is 5.75 Å². The summed E-state index contributed by atoms with van der Waals surface area (Å²) < 4.78 is 5.35. The van der Waals surface area contributed by atoms with Crippen LogP contribution >= 0.6 is 0 Å². The zero-order chi connectivity index (χ0) is 15.8. The van der Waals surface area contributed by atoms with Gasteiger partial charge in [-0.3, -0.25) is 5.21 Å². The number of benzene rings is 2. The maximum Gasteiger partial charge on any atom is 0.345 e. The summed E-state index contributed by atoms with van der Waals surface area (Å²) in [6.45, 7) is -0.287. The molecule has 0 radical (unpaired) electrons. The number of rotatable bonds is 6. The predicted octanol–water partition coefficient (Wildman–Crippen LogP) is 2.35. The van der Waals surface area contributed by atoms with Crippen molar-refractivity contribution in [3.05, 3.63) is 60.7 Å². The van der Waals surface area contributed by atoms with Crippen molar-refractivity contribution in [2.45, 2.75) is 6.10 Å². The average molecular weight is 302 g/mol. The molecule has 0 aliphatic rings. The highest BCUT2D eigenvalue weighted by Gasteiger charge is 2.16. The zero-order valence-electron chi connectivity index (χ0n) is 11.9. The number of aliphatic hydroxyl groups is 1. The fraction of sp³-hybridized carbons (Fsp3) is 0.188. The van der Waals surface area contributed by atoms with Gasteiger partial charge in [-0.25, -0.2) is 9.86 Å². The molecule has 2 amide bonds. The van der Waals surface area contributed by atoms with Gasteiger partial charge in [0, 0.05) is 5.69 Å². The average Bonchev–Trinajstić information content (AvgIpc) is 2.55. The van der Waals surface area contributed by atoms with E-state index in [0.29, 0.717) is 16.5 Å². The van der Waals surface area contributed by atoms with Crippen molar-refractivity contribution in [1.82, 2.24) is 5.06 Å². The first-order valence-electron chi connectivity index (χ1n) is 6.83. The molecule has 22 heavy (non-hydrogen) atoms. The molecule has 116 valence electrons. The summed E-state index contributed by atoms with van der Waals surface area (Å²) >= 11 is 0. The third kappa shape index (κ3) is 5.08. The molecular weight excluding hydrogens is 284 g/mol. The van der Waals surface area contributed by atoms with Crippen molar-refractivity contribution in [1.29, 1.82) is 0 Å². The molecule has 2 rings (SSSR count). The van der Waals surface area contributed by atoms with Gasteiger partial charge in [0.2, 0.25) is 0 Å². The number of carbonyl (C=O) groups excluding carboxylic acids is 1. The SMILES string of the molecule is O=C(Nc1ccccc1)N(O)C[C@H](O)COc1ccccc1. The molecule has 0 unspecified atom stereocenters. The first kappa shape index (κ1) is 15.8. The summed E-state index contributed by atoms with van der Waals surface area (Å²) in [4.78, 5) is 11.7. The first-order valence-corrected chi connectivity index (χ1v) is 6.83. The number of para-hydroxylation sites is 2. The topological polar surface area (TPSA) is 82.0 Å². The number of hydrogen-bond acceptors (Lipinski definition) is 4. The van der Waals surface area contributed by atoms with Crippen LogP contribution in [0.15, 0.2) is 60.7 Å². The lowest BCUT2D eigenvalue weighted by atomic mass is 10.3. The van der Waals surface area contributed by atoms with Crippen molar-refractivity contribution >= 4 is 11.7 Å². The summed E-state index contributed by atoms with van der Waals surface area (Å²) in [5.41, 5.74) is 0.557. The number of amides is 2. The molecule has 0 saturated heterocycles. The number of nitrogens with zero attached hydrogens (tertiary/aromatic N) is 1. The highest BCUT2D eigenvalue weighted by atomic mass is 16.5. The van der Waals surface area contributed by atoms with Crippen LogP contribution in [0.5, 0.6) is 5.75 Å². The van der Waals surface area contributed by atoms with Crippen LogP contribution in [0.2, 0.25) is 0 Å². The Morgan fingerprint density at radius 2 is 1.68 bits per heavy atom. The number of carbonyl (C=O) groups is 1. The molecule has 3 N–H and O–H groups in total. The van der Waals surface area contributed by atoms with Gasteiger partial charge in [-0.15, -0.1) is 0 Å². The fourth-order valence-corrected chi connectivity index (χ4v) is 1.75. The second-order valence-electron chi connectivity index (χ2n) is 4.66. The number of nitrogens with one attached hydrogen (secondary N) is 1. The fourth-order valence-electron chi connectivity index (χ4n) is 1.75. The largest absolute Gasteiger partial charge is 0.491 e. The van der Waals surface area contributed by atoms with Crippen LogP contribution in [0.25, 0.3) is 0 Å². The maximum atomic E-state index is 11.7. The summed E-state index contributed by atoms with van der Waals surface area (Å²) in [7, 11) is 0. The van der Waals surface area contributed by atoms with Crippen LogP contribution in [-0.4, -0.2) is 40.7 Å². The van der Waals surface area contributed by atoms with Crippen LogP contribution in [0, 0.1) is 0 Å². The van der Waals surface area contributed by atoms with Crippen molar-refractivity contribution in [3.63, 3.8) is 0 Å². The second-order valence-corrected chi connectivity index (χ2v) is 4.66. The van der Waals surface area contributed by atoms with Crippen molar-refractivity contribution in [2.75, 3.05) is 18.5 Å². The second kappa shape index (κ2) is 8.02. The van der Waals surface area contributed by atoms with Gasteiger partial charge in [0.15, 0.2) is 0 Å². The van der Waals surface area contributed by atoms with E-state index in [4.69, 9.17) is 4.74 Å². The molecule has 0 aliphatic heterocycles. The van der Waals surface area contributed by atoms with E-state index < -0.39 is 12.1 Å². The van der Waals surface area contributed by atoms with Gasteiger partial charge in [-0.2, -0.15) is 0 Å². The minimum atomic E-state index is -1.01. The van der Waals surface area contributed by atoms with E-state index in [0.717, 1.165) is 0 Å². The maximum absolute atomic E-state index is 11.7. The molecule has 2 aromatic carbocycles. The van der Waals surface area contributed by atoms with E-state index in [1.165, 1.54) is 0 Å². The highest BCUT2D eigenvalue weighted by Crippen LogP contribution is 2.09. The Bertz CT molecular complexity index is 577. The Morgan fingerprint density at radius 3 is 2.32 bits per heavy atom. The van der Waals surface area contributed by atoms with Gasteiger partial charge in [0.05, 0.1) is 6.54 Å². The molecule has 0 spiro atoms. The van der Waals surface area contributed by atoms with E-state index in [-0.39, 0.29) is 13.2 Å². The molecule has 6 heteroatoms. The van der Waals surface area contributed by atoms with E-state index >= 15 is 0 Å². The molecule has 0 saturated carbocycles. The van der Waals surface area contributed by atoms with E-state index in [1.54, 1.807) is 36.4 Å². The number of hydrogen-bond donors (Lipinski definition) is 3. The lowest BCUT2D eigenvalue weighted by molar-refractivity contribution is -0.0701. The molecule has 0 aromatic heterocycles. The van der Waals surface area contributed by atoms with Crippen LogP contribution in [-0.2, 0) is 0 Å². The van der Waals surface area contributed by atoms with Crippen molar-refractivity contribution in [2.24, 2.45) is 0 Å². The van der Waals surface area contributed by atoms with Gasteiger partial charge >= 0.3 is 6.03 Å². The molecule has 2 aromatic rings. The summed E-state index contributed by atoms with van der Waals surface area (Å²) in [6.07, 6.45) is -1.01. The van der Waals surface area contributed by atoms with E-state index in [2.05, 4.69) is 5.32 Å². The minimum absolute atomic E-state index is 0.0281. The van der Waals surface area contributed by atoms with Gasteiger partial charge in [0.25, 0.3) is 0 Å². The molecule has 0 fully saturated rings. The quantitative estimate of drug-likeness (QED) is 0.565. The standard InChI is InChI=1S/C16H18N2O4/c19-14(12-22-15-9-5-2-6-10-15)11-18(21)16(20)17-13-7-3-1-4-8-13/h1-10,14,19,21H,11-12H2,(H,17,20)/t14-/m0/s1. The smallest absolute Gasteiger partial charge is 0.345 e. The summed E-state index contributed by atoms with van der Waals surface area (Å²) in [5.74, 6) is 0.611. The highest BCUT2D eigenvalue weighted by molar-refractivity contribution is 5.88. The number of aliphatic hydroxyl groups excluding tert-OH is 1. The molecule has 0 bridgehead atoms. The third-order valence-corrected chi connectivity index (χ3v) is 2.83. The minimum Gasteiger partial charge on any atom is -0.491 e. The predicted molar refractivity (Wildman–Crippen MR) is 81.9 cm³/mol. The van der Waals surface area contributed by atoms with Crippen LogP contribution in [0.1, 0.15) is 0 Å².